The second-order valence-electron chi connectivity index (χ2n) is 6.62. The van der Waals surface area contributed by atoms with Crippen molar-refractivity contribution in [2.45, 2.75) is 32.0 Å². The molecule has 0 spiro atoms. The van der Waals surface area contributed by atoms with Crippen LogP contribution in [0.15, 0.2) is 46.9 Å². The fourth-order valence-electron chi connectivity index (χ4n) is 2.94. The molecule has 4 rings (SSSR count). The van der Waals surface area contributed by atoms with E-state index in [-0.39, 0.29) is 11.9 Å². The van der Waals surface area contributed by atoms with Crippen LogP contribution in [-0.2, 0) is 6.42 Å². The monoisotopic (exact) mass is 310 g/mol. The lowest BCUT2D eigenvalue weighted by atomic mass is 9.97. The molecule has 0 radical (unpaired) electrons. The maximum Gasteiger partial charge on any atom is 0.138 e. The molecule has 2 heterocycles. The summed E-state index contributed by atoms with van der Waals surface area (Å²) >= 11 is 0. The summed E-state index contributed by atoms with van der Waals surface area (Å²) < 4.78 is 11.8. The molecule has 1 aliphatic heterocycles. The van der Waals surface area contributed by atoms with E-state index in [4.69, 9.17) is 9.15 Å². The van der Waals surface area contributed by atoms with Crippen LogP contribution >= 0.6 is 0 Å². The van der Waals surface area contributed by atoms with Crippen LogP contribution in [0.5, 0.6) is 11.5 Å². The van der Waals surface area contributed by atoms with Gasteiger partial charge in [-0.2, -0.15) is 0 Å². The second kappa shape index (κ2) is 4.77. The Morgan fingerprint density at radius 2 is 1.83 bits per heavy atom. The number of furan rings is 1. The summed E-state index contributed by atoms with van der Waals surface area (Å²) in [4.78, 5) is 0. The summed E-state index contributed by atoms with van der Waals surface area (Å²) in [6, 6.07) is 12.9. The van der Waals surface area contributed by atoms with Crippen LogP contribution in [0.4, 0.5) is 0 Å². The molecule has 0 unspecified atom stereocenters. The van der Waals surface area contributed by atoms with E-state index in [0.29, 0.717) is 6.42 Å². The fourth-order valence-corrected chi connectivity index (χ4v) is 2.94. The van der Waals surface area contributed by atoms with Crippen LogP contribution in [0, 0.1) is 0 Å². The van der Waals surface area contributed by atoms with E-state index in [9.17, 15) is 10.2 Å². The molecule has 0 saturated carbocycles. The van der Waals surface area contributed by atoms with Crippen LogP contribution in [0.2, 0.25) is 0 Å². The number of fused-ring (bicyclic) bond motifs is 2. The maximum absolute atomic E-state index is 10.1. The number of phenolic OH excluding ortho intramolecular Hbond substituents is 1. The molecule has 0 bridgehead atoms. The summed E-state index contributed by atoms with van der Waals surface area (Å²) in [7, 11) is 0. The molecule has 0 saturated heterocycles. The van der Waals surface area contributed by atoms with Gasteiger partial charge in [0.2, 0.25) is 0 Å². The van der Waals surface area contributed by atoms with Gasteiger partial charge >= 0.3 is 0 Å². The van der Waals surface area contributed by atoms with Crippen molar-refractivity contribution in [3.63, 3.8) is 0 Å². The Hall–Kier alpha value is -2.46. The number of aliphatic hydroxyl groups is 1. The van der Waals surface area contributed by atoms with Crippen molar-refractivity contribution < 1.29 is 19.4 Å². The highest BCUT2D eigenvalue weighted by molar-refractivity contribution is 5.85. The third kappa shape index (κ3) is 2.45. The first-order valence-electron chi connectivity index (χ1n) is 7.65. The Kier molecular flexibility index (Phi) is 2.93. The molecule has 4 nitrogen and oxygen atoms in total. The lowest BCUT2D eigenvalue weighted by molar-refractivity contribution is -0.0229. The Bertz CT molecular complexity index is 826. The summed E-state index contributed by atoms with van der Waals surface area (Å²) in [5, 5.41) is 20.5. The molecule has 0 aliphatic carbocycles. The van der Waals surface area contributed by atoms with Gasteiger partial charge < -0.3 is 19.4 Å². The summed E-state index contributed by atoms with van der Waals surface area (Å²) in [6.45, 7) is 3.52. The fraction of sp³-hybridized carbons (Fsp3) is 0.263. The van der Waals surface area contributed by atoms with Crippen molar-refractivity contribution in [2.75, 3.05) is 0 Å². The van der Waals surface area contributed by atoms with E-state index in [2.05, 4.69) is 6.07 Å². The van der Waals surface area contributed by atoms with E-state index < -0.39 is 5.60 Å². The first kappa shape index (κ1) is 14.2. The molecule has 118 valence electrons. The number of phenols is 1. The molecule has 4 heteroatoms. The number of benzene rings is 2. The van der Waals surface area contributed by atoms with Crippen LogP contribution in [-0.4, -0.2) is 21.9 Å². The topological polar surface area (TPSA) is 62.8 Å². The van der Waals surface area contributed by atoms with Gasteiger partial charge in [0.25, 0.3) is 0 Å². The first-order valence-corrected chi connectivity index (χ1v) is 7.65. The smallest absolute Gasteiger partial charge is 0.138 e. The first-order chi connectivity index (χ1) is 10.9. The molecule has 1 aliphatic rings. The number of hydrogen-bond acceptors (Lipinski definition) is 4. The number of aromatic hydroxyl groups is 1. The highest BCUT2D eigenvalue weighted by Crippen LogP contribution is 2.38. The predicted octanol–water partition coefficient (Wildman–Crippen LogP) is 3.88. The molecule has 2 N–H and O–H groups in total. The second-order valence-corrected chi connectivity index (χ2v) is 6.62. The normalized spacial score (nSPS) is 17.3. The molecule has 0 fully saturated rings. The minimum Gasteiger partial charge on any atom is -0.508 e. The summed E-state index contributed by atoms with van der Waals surface area (Å²) in [5.74, 6) is 1.76. The predicted molar refractivity (Wildman–Crippen MR) is 87.7 cm³/mol. The average Bonchev–Trinajstić information content (AvgIpc) is 3.07. The van der Waals surface area contributed by atoms with Gasteiger partial charge in [0, 0.05) is 23.4 Å². The quantitative estimate of drug-likeness (QED) is 0.754. The van der Waals surface area contributed by atoms with Crippen molar-refractivity contribution >= 4 is 11.0 Å². The van der Waals surface area contributed by atoms with Crippen LogP contribution in [0.3, 0.4) is 0 Å². The number of ether oxygens (including phenoxy) is 1. The van der Waals surface area contributed by atoms with Crippen LogP contribution in [0.1, 0.15) is 19.4 Å². The Labute approximate surface area is 133 Å². The molecule has 1 aromatic heterocycles. The number of rotatable bonds is 2. The molecule has 3 aromatic rings. The van der Waals surface area contributed by atoms with Crippen molar-refractivity contribution in [3.8, 4) is 22.8 Å². The van der Waals surface area contributed by atoms with E-state index in [1.807, 2.05) is 24.3 Å². The van der Waals surface area contributed by atoms with E-state index in [0.717, 1.165) is 33.6 Å². The highest BCUT2D eigenvalue weighted by atomic mass is 16.5. The minimum absolute atomic E-state index is 0.231. The van der Waals surface area contributed by atoms with E-state index in [1.165, 1.54) is 0 Å². The zero-order valence-electron chi connectivity index (χ0n) is 13.0. The van der Waals surface area contributed by atoms with Gasteiger partial charge in [-0.25, -0.2) is 0 Å². The summed E-state index contributed by atoms with van der Waals surface area (Å²) in [5.41, 5.74) is 1.87. The molecular formula is C19H18O4. The highest BCUT2D eigenvalue weighted by Gasteiger charge is 2.35. The Morgan fingerprint density at radius 3 is 2.52 bits per heavy atom. The van der Waals surface area contributed by atoms with Gasteiger partial charge in [-0.1, -0.05) is 0 Å². The van der Waals surface area contributed by atoms with Crippen molar-refractivity contribution in [1.29, 1.82) is 0 Å². The van der Waals surface area contributed by atoms with Gasteiger partial charge in [0.05, 0.1) is 5.60 Å². The van der Waals surface area contributed by atoms with Gasteiger partial charge in [0.15, 0.2) is 0 Å². The largest absolute Gasteiger partial charge is 0.508 e. The lowest BCUT2D eigenvalue weighted by Gasteiger charge is -2.24. The van der Waals surface area contributed by atoms with Gasteiger partial charge in [-0.05, 0) is 55.8 Å². The zero-order valence-corrected chi connectivity index (χ0v) is 13.0. The maximum atomic E-state index is 10.1. The standard InChI is InChI=1S/C19H18O4/c1-19(2,21)18-9-13-7-12-8-15(11-3-5-14(20)6-4-11)22-16(12)10-17(13)23-18/h3-8,10,18,20-21H,9H2,1-2H3/t18-/m1/s1. The molecule has 2 aromatic carbocycles. The molecule has 0 amide bonds. The van der Waals surface area contributed by atoms with Gasteiger partial charge in [-0.3, -0.25) is 0 Å². The van der Waals surface area contributed by atoms with E-state index in [1.54, 1.807) is 26.0 Å². The lowest BCUT2D eigenvalue weighted by Crippen LogP contribution is -2.39. The zero-order chi connectivity index (χ0) is 16.2. The average molecular weight is 310 g/mol. The molecule has 23 heavy (non-hydrogen) atoms. The van der Waals surface area contributed by atoms with Crippen molar-refractivity contribution in [1.82, 2.24) is 0 Å². The van der Waals surface area contributed by atoms with Crippen molar-refractivity contribution in [2.24, 2.45) is 0 Å². The Balaban J connectivity index is 1.72. The van der Waals surface area contributed by atoms with E-state index >= 15 is 0 Å². The third-order valence-corrected chi connectivity index (χ3v) is 4.31. The minimum atomic E-state index is -0.878. The van der Waals surface area contributed by atoms with Gasteiger partial charge in [0.1, 0.15) is 28.9 Å². The number of hydrogen-bond donors (Lipinski definition) is 2. The third-order valence-electron chi connectivity index (χ3n) is 4.31. The van der Waals surface area contributed by atoms with Gasteiger partial charge in [-0.15, -0.1) is 0 Å². The van der Waals surface area contributed by atoms with Crippen LogP contribution in [0.25, 0.3) is 22.3 Å². The summed E-state index contributed by atoms with van der Waals surface area (Å²) in [6.07, 6.45) is 0.453. The van der Waals surface area contributed by atoms with Crippen LogP contribution < -0.4 is 4.74 Å². The van der Waals surface area contributed by atoms with Crippen molar-refractivity contribution in [3.05, 3.63) is 48.0 Å². The molecular weight excluding hydrogens is 292 g/mol. The Morgan fingerprint density at radius 1 is 1.09 bits per heavy atom. The molecule has 1 atom stereocenters. The SMILES string of the molecule is CC(C)(O)[C@H]1Cc2cc3cc(-c4ccc(O)cc4)oc3cc2O1.